The summed E-state index contributed by atoms with van der Waals surface area (Å²) in [5, 5.41) is 18.1. The summed E-state index contributed by atoms with van der Waals surface area (Å²) < 4.78 is 68.0. The number of methoxy groups -OCH3 is 1. The molecular weight excluding hydrogens is 635 g/mol. The van der Waals surface area contributed by atoms with Gasteiger partial charge in [0.25, 0.3) is 10.0 Å². The molecule has 2 aromatic carbocycles. The Labute approximate surface area is 253 Å². The Hall–Kier alpha value is -3.86. The number of ether oxygens (including phenoxy) is 1. The highest BCUT2D eigenvalue weighted by Gasteiger charge is 2.38. The zero-order chi connectivity index (χ0) is 31.9. The van der Waals surface area contributed by atoms with Crippen LogP contribution in [0, 0.1) is 0 Å². The minimum absolute atomic E-state index is 0.0861. The maximum atomic E-state index is 13.0. The number of benzene rings is 2. The molecule has 4 rings (SSSR count). The molecule has 17 heteroatoms. The van der Waals surface area contributed by atoms with E-state index in [0.717, 1.165) is 22.5 Å². The van der Waals surface area contributed by atoms with Crippen LogP contribution in [-0.2, 0) is 32.7 Å². The largest absolute Gasteiger partial charge is 0.496 e. The summed E-state index contributed by atoms with van der Waals surface area (Å²) in [6.07, 6.45) is -5.08. The van der Waals surface area contributed by atoms with Crippen molar-refractivity contribution in [3.05, 3.63) is 70.1 Å². The molecule has 2 heterocycles. The summed E-state index contributed by atoms with van der Waals surface area (Å²) in [5.74, 6) is -2.18. The number of likely N-dealkylation sites (N-methyl/N-ethyl adjacent to an activating group) is 1. The lowest BCUT2D eigenvalue weighted by molar-refractivity contribution is -0.192. The van der Waals surface area contributed by atoms with Crippen LogP contribution in [0.5, 0.6) is 5.75 Å². The van der Waals surface area contributed by atoms with E-state index in [2.05, 4.69) is 20.5 Å². The molecule has 0 saturated heterocycles. The molecule has 0 radical (unpaired) electrons. The number of alkyl halides is 3. The van der Waals surface area contributed by atoms with Gasteiger partial charge in [-0.2, -0.15) is 18.3 Å². The maximum absolute atomic E-state index is 13.0. The normalized spacial score (nSPS) is 12.3. The number of carbonyl (C=O) groups is 2. The molecule has 232 valence electrons. The van der Waals surface area contributed by atoms with Crippen LogP contribution in [0.15, 0.2) is 58.8 Å². The molecule has 0 spiro atoms. The van der Waals surface area contributed by atoms with Gasteiger partial charge in [0.2, 0.25) is 5.91 Å². The molecule has 0 unspecified atom stereocenters. The number of halogens is 4. The van der Waals surface area contributed by atoms with Crippen LogP contribution in [0.1, 0.15) is 18.1 Å². The van der Waals surface area contributed by atoms with Crippen molar-refractivity contribution in [3.8, 4) is 5.75 Å². The number of carboxylic acid groups (broad SMARTS) is 1. The predicted molar refractivity (Wildman–Crippen MR) is 156 cm³/mol. The lowest BCUT2D eigenvalue weighted by atomic mass is 10.1. The number of carbonyl (C=O) groups excluding carboxylic acids is 1. The van der Waals surface area contributed by atoms with E-state index in [9.17, 15) is 26.4 Å². The van der Waals surface area contributed by atoms with Crippen molar-refractivity contribution in [1.82, 2.24) is 20.4 Å². The molecule has 0 fully saturated rings. The lowest BCUT2D eigenvalue weighted by Crippen LogP contribution is -2.39. The Bertz CT molecular complexity index is 1710. The van der Waals surface area contributed by atoms with E-state index in [1.165, 1.54) is 19.2 Å². The van der Waals surface area contributed by atoms with Crippen molar-refractivity contribution < 1.29 is 41.0 Å². The molecule has 0 bridgehead atoms. The molecule has 0 saturated carbocycles. The van der Waals surface area contributed by atoms with E-state index in [0.29, 0.717) is 34.1 Å². The standard InChI is InChI=1S/C24H26ClN5O4S2.C2HF3O2/c1-15(26-2)24(31)27-13-16-6-4-7-17(12-16)14-30-18-8-5-9-19(34-3)22(18)23(28-30)29-36(32,33)21-11-10-20(25)35-21;3-2(4,5)1(6)7/h4-12,15,26H,13-14H2,1-3H3,(H,27,31)(H,28,29);(H,6,7)/t15-;/m0./s1. The topological polar surface area (TPSA) is 152 Å². The van der Waals surface area contributed by atoms with E-state index in [-0.39, 0.29) is 22.0 Å². The summed E-state index contributed by atoms with van der Waals surface area (Å²) in [5.41, 5.74) is 2.58. The number of rotatable bonds is 10. The van der Waals surface area contributed by atoms with E-state index in [1.54, 1.807) is 24.7 Å². The fourth-order valence-corrected chi connectivity index (χ4v) is 6.16. The monoisotopic (exact) mass is 661 g/mol. The minimum atomic E-state index is -5.08. The number of fused-ring (bicyclic) bond motifs is 1. The van der Waals surface area contributed by atoms with Crippen molar-refractivity contribution in [2.24, 2.45) is 0 Å². The summed E-state index contributed by atoms with van der Waals surface area (Å²) in [6, 6.07) is 15.9. The highest BCUT2D eigenvalue weighted by atomic mass is 35.5. The fourth-order valence-electron chi connectivity index (χ4n) is 3.66. The van der Waals surface area contributed by atoms with Crippen LogP contribution in [0.4, 0.5) is 19.0 Å². The second-order valence-corrected chi connectivity index (χ2v) is 12.5. The summed E-state index contributed by atoms with van der Waals surface area (Å²) >= 11 is 6.91. The average molecular weight is 662 g/mol. The van der Waals surface area contributed by atoms with Crippen LogP contribution in [-0.4, -0.2) is 61.6 Å². The average Bonchev–Trinajstić information content (AvgIpc) is 3.55. The highest BCUT2D eigenvalue weighted by molar-refractivity contribution is 7.94. The number of anilines is 1. The molecule has 1 atom stereocenters. The van der Waals surface area contributed by atoms with E-state index < -0.39 is 22.2 Å². The first-order chi connectivity index (χ1) is 20.2. The number of hydrogen-bond acceptors (Lipinski definition) is 8. The number of hydrogen-bond donors (Lipinski definition) is 4. The van der Waals surface area contributed by atoms with Gasteiger partial charge in [0, 0.05) is 6.54 Å². The number of nitrogens with zero attached hydrogens (tertiary/aromatic N) is 2. The number of sulfonamides is 1. The number of aromatic nitrogens is 2. The summed E-state index contributed by atoms with van der Waals surface area (Å²) in [4.78, 5) is 21.0. The third-order valence-corrected chi connectivity index (χ3v) is 8.93. The minimum Gasteiger partial charge on any atom is -0.496 e. The second-order valence-electron chi connectivity index (χ2n) is 8.88. The van der Waals surface area contributed by atoms with Gasteiger partial charge < -0.3 is 20.5 Å². The summed E-state index contributed by atoms with van der Waals surface area (Å²) in [7, 11) is -0.634. The first-order valence-corrected chi connectivity index (χ1v) is 15.0. The number of aliphatic carboxylic acids is 1. The number of thiophene rings is 1. The van der Waals surface area contributed by atoms with Crippen LogP contribution < -0.4 is 20.1 Å². The van der Waals surface area contributed by atoms with Crippen LogP contribution in [0.3, 0.4) is 0 Å². The van der Waals surface area contributed by atoms with Gasteiger partial charge in [-0.05, 0) is 49.4 Å². The molecule has 1 amide bonds. The maximum Gasteiger partial charge on any atom is 0.490 e. The number of amides is 1. The van der Waals surface area contributed by atoms with E-state index >= 15 is 0 Å². The third kappa shape index (κ3) is 8.82. The third-order valence-electron chi connectivity index (χ3n) is 5.86. The van der Waals surface area contributed by atoms with Crippen molar-refractivity contribution in [3.63, 3.8) is 0 Å². The van der Waals surface area contributed by atoms with Crippen molar-refractivity contribution in [1.29, 1.82) is 0 Å². The molecule has 4 aromatic rings. The van der Waals surface area contributed by atoms with E-state index in [4.69, 9.17) is 26.2 Å². The molecular formula is C26H27ClF3N5O6S2. The highest BCUT2D eigenvalue weighted by Crippen LogP contribution is 2.35. The smallest absolute Gasteiger partial charge is 0.490 e. The van der Waals surface area contributed by atoms with Crippen LogP contribution in [0.25, 0.3) is 10.9 Å². The van der Waals surface area contributed by atoms with Crippen LogP contribution >= 0.6 is 22.9 Å². The van der Waals surface area contributed by atoms with Gasteiger partial charge in [-0.1, -0.05) is 41.9 Å². The summed E-state index contributed by atoms with van der Waals surface area (Å²) in [6.45, 7) is 2.56. The molecule has 2 aromatic heterocycles. The van der Waals surface area contributed by atoms with E-state index in [1.807, 2.05) is 36.4 Å². The fraction of sp³-hybridized carbons (Fsp3) is 0.269. The molecule has 0 aliphatic rings. The Morgan fingerprint density at radius 1 is 1.14 bits per heavy atom. The molecule has 0 aliphatic carbocycles. The number of carboxylic acids is 1. The number of nitrogens with one attached hydrogen (secondary N) is 3. The van der Waals surface area contributed by atoms with Gasteiger partial charge in [-0.25, -0.2) is 13.2 Å². The van der Waals surface area contributed by atoms with Gasteiger partial charge in [0.05, 0.1) is 34.9 Å². The molecule has 4 N–H and O–H groups in total. The Kier molecular flexibility index (Phi) is 11.0. The first kappa shape index (κ1) is 33.6. The molecule has 11 nitrogen and oxygen atoms in total. The molecule has 43 heavy (non-hydrogen) atoms. The lowest BCUT2D eigenvalue weighted by Gasteiger charge is -2.12. The van der Waals surface area contributed by atoms with Crippen molar-refractivity contribution >= 4 is 61.6 Å². The Morgan fingerprint density at radius 2 is 1.79 bits per heavy atom. The SMILES string of the molecule is CN[C@@H](C)C(=O)NCc1cccc(Cn2nc(NS(=O)(=O)c3ccc(Cl)s3)c3c(OC)cccc32)c1.O=C(O)C(F)(F)F. The Morgan fingerprint density at radius 3 is 2.37 bits per heavy atom. The zero-order valence-corrected chi connectivity index (χ0v) is 25.3. The van der Waals surface area contributed by atoms with Crippen molar-refractivity contribution in [2.75, 3.05) is 18.9 Å². The van der Waals surface area contributed by atoms with Gasteiger partial charge in [0.15, 0.2) is 5.82 Å². The zero-order valence-electron chi connectivity index (χ0n) is 22.9. The second kappa shape index (κ2) is 14.1. The van der Waals surface area contributed by atoms with Gasteiger partial charge in [-0.3, -0.25) is 14.2 Å². The van der Waals surface area contributed by atoms with Gasteiger partial charge in [-0.15, -0.1) is 11.3 Å². The Balaban J connectivity index is 0.000000646. The van der Waals surface area contributed by atoms with Gasteiger partial charge in [0.1, 0.15) is 9.96 Å². The van der Waals surface area contributed by atoms with Gasteiger partial charge >= 0.3 is 12.1 Å². The first-order valence-electron chi connectivity index (χ1n) is 12.3. The van der Waals surface area contributed by atoms with Crippen LogP contribution in [0.2, 0.25) is 4.34 Å². The van der Waals surface area contributed by atoms with Crippen molar-refractivity contribution in [2.45, 2.75) is 36.4 Å². The predicted octanol–water partition coefficient (Wildman–Crippen LogP) is 4.47. The quantitative estimate of drug-likeness (QED) is 0.194. The molecule has 0 aliphatic heterocycles.